The highest BCUT2D eigenvalue weighted by Crippen LogP contribution is 2.27. The van der Waals surface area contributed by atoms with Crippen molar-refractivity contribution in [2.45, 2.75) is 115 Å². The minimum absolute atomic E-state index is 0.0107. The number of thioether (sulfide) groups is 2. The van der Waals surface area contributed by atoms with Gasteiger partial charge in [-0.1, -0.05) is 27.7 Å². The molecule has 0 rings (SSSR count). The van der Waals surface area contributed by atoms with E-state index in [1.165, 1.54) is 0 Å². The van der Waals surface area contributed by atoms with Crippen LogP contribution in [0.3, 0.4) is 0 Å². The van der Waals surface area contributed by atoms with Gasteiger partial charge in [0.05, 0.1) is 13.1 Å². The van der Waals surface area contributed by atoms with Crippen molar-refractivity contribution >= 4 is 70.7 Å². The quantitative estimate of drug-likeness (QED) is 0.102. The molecule has 5 N–H and O–H groups in total. The van der Waals surface area contributed by atoms with Gasteiger partial charge in [-0.15, -0.1) is 0 Å². The number of ketones is 2. The summed E-state index contributed by atoms with van der Waals surface area (Å²) in [4.78, 5) is 91.2. The summed E-state index contributed by atoms with van der Waals surface area (Å²) in [6.07, 6.45) is 5.99. The highest BCUT2D eigenvalue weighted by molar-refractivity contribution is 8.00. The number of esters is 1. The van der Waals surface area contributed by atoms with Crippen LogP contribution in [0.5, 0.6) is 0 Å². The number of hydrogen-bond donors (Lipinski definition) is 5. The monoisotopic (exact) mass is 720 g/mol. The Morgan fingerprint density at radius 3 is 1.19 bits per heavy atom. The number of carbonyl (C=O) groups is 8. The topological polar surface area (TPSA) is 214 Å². The van der Waals surface area contributed by atoms with Crippen LogP contribution in [0.25, 0.3) is 0 Å². The van der Waals surface area contributed by atoms with E-state index < -0.39 is 35.9 Å². The van der Waals surface area contributed by atoms with Crippen LogP contribution in [0.4, 0.5) is 0 Å². The second kappa shape index (κ2) is 24.1. The average molecular weight is 721 g/mol. The zero-order chi connectivity index (χ0) is 37.6. The number of Topliss-reactive ketones (excluding diaryl/α,β-unsaturated/α-hetero) is 2. The lowest BCUT2D eigenvalue weighted by Gasteiger charge is -2.21. The Hall–Kier alpha value is -3.14. The molecule has 276 valence electrons. The van der Waals surface area contributed by atoms with Gasteiger partial charge < -0.3 is 31.1 Å². The van der Waals surface area contributed by atoms with Crippen LogP contribution in [0.1, 0.15) is 99.8 Å². The Morgan fingerprint density at radius 1 is 0.521 bits per heavy atom. The first kappa shape index (κ1) is 47.0. The fraction of sp³-hybridized carbons (Fsp3) is 0.750. The van der Waals surface area contributed by atoms with Crippen LogP contribution in [-0.2, 0) is 43.1 Å². The largest absolute Gasteiger partial charge is 0.480 e. The highest BCUT2D eigenvalue weighted by Gasteiger charge is 2.20. The molecule has 0 saturated heterocycles. The van der Waals surface area contributed by atoms with Crippen LogP contribution in [0, 0.1) is 0 Å². The van der Waals surface area contributed by atoms with E-state index in [0.717, 1.165) is 6.42 Å². The van der Waals surface area contributed by atoms with Crippen molar-refractivity contribution in [1.82, 2.24) is 21.3 Å². The molecule has 16 heteroatoms. The summed E-state index contributed by atoms with van der Waals surface area (Å²) in [5.74, 6) is -3.42. The van der Waals surface area contributed by atoms with Crippen molar-refractivity contribution in [3.05, 3.63) is 0 Å². The van der Waals surface area contributed by atoms with E-state index in [4.69, 9.17) is 9.84 Å². The number of aliphatic carboxylic acids is 1. The molecule has 14 nitrogen and oxygen atoms in total. The molecule has 0 bridgehead atoms. The third-order valence-corrected chi connectivity index (χ3v) is 9.15. The van der Waals surface area contributed by atoms with Crippen molar-refractivity contribution in [3.8, 4) is 0 Å². The molecular weight excluding hydrogens is 665 g/mol. The van der Waals surface area contributed by atoms with Gasteiger partial charge in [0.15, 0.2) is 11.6 Å². The predicted molar refractivity (Wildman–Crippen MR) is 188 cm³/mol. The maximum absolute atomic E-state index is 11.7. The summed E-state index contributed by atoms with van der Waals surface area (Å²) in [5.41, 5.74) is -0.610. The second-order valence-electron chi connectivity index (χ2n) is 13.1. The number of amides is 4. The van der Waals surface area contributed by atoms with Gasteiger partial charge in [-0.25, -0.2) is 0 Å². The van der Waals surface area contributed by atoms with Crippen molar-refractivity contribution in [2.24, 2.45) is 0 Å². The van der Waals surface area contributed by atoms with E-state index >= 15 is 0 Å². The SMILES string of the molecule is CSC(C)(C)CCC(=O)NCC(=O)CCC(=O)NCC(=O)O.CSC(C)(C)CCC(=O)NCC(=O)CCC(=O)NCC(=O)OC(C)(C)C. The lowest BCUT2D eigenvalue weighted by Crippen LogP contribution is -2.35. The average Bonchev–Trinajstić information content (AvgIpc) is 2.99. The number of nitrogens with one attached hydrogen (secondary N) is 4. The van der Waals surface area contributed by atoms with Crippen molar-refractivity contribution < 1.29 is 48.2 Å². The molecule has 0 aliphatic carbocycles. The molecule has 0 unspecified atom stereocenters. The fourth-order valence-electron chi connectivity index (χ4n) is 3.19. The van der Waals surface area contributed by atoms with Gasteiger partial charge in [0.25, 0.3) is 0 Å². The Kier molecular flexibility index (Phi) is 23.6. The Balaban J connectivity index is 0. The molecule has 0 aromatic heterocycles. The third-order valence-electron chi connectivity index (χ3n) is 6.53. The molecule has 0 atom stereocenters. The summed E-state index contributed by atoms with van der Waals surface area (Å²) >= 11 is 3.37. The Morgan fingerprint density at radius 2 is 0.854 bits per heavy atom. The standard InChI is InChI=1S/C18H32N2O5S.C14H24N2O5S/c1-17(2,3)25-16(24)12-20-14(22)8-7-13(21)11-19-15(23)9-10-18(4,5)26-6;1-14(2,22-3)7-6-12(19)15-8-10(17)4-5-11(18)16-9-13(20)21/h7-12H2,1-6H3,(H,19,23)(H,20,22);4-9H2,1-3H3,(H,15,19)(H,16,18)(H,20,21). The van der Waals surface area contributed by atoms with Gasteiger partial charge in [-0.2, -0.15) is 23.5 Å². The van der Waals surface area contributed by atoms with Crippen LogP contribution in [0.15, 0.2) is 0 Å². The van der Waals surface area contributed by atoms with Crippen LogP contribution < -0.4 is 21.3 Å². The van der Waals surface area contributed by atoms with Gasteiger partial charge in [-0.05, 0) is 46.1 Å². The first-order chi connectivity index (χ1) is 22.0. The van der Waals surface area contributed by atoms with Gasteiger partial charge in [0.1, 0.15) is 18.7 Å². The molecule has 4 amide bonds. The number of ether oxygens (including phenoxy) is 1. The molecule has 0 fully saturated rings. The fourth-order valence-corrected chi connectivity index (χ4v) is 3.80. The molecular formula is C32H56N4O10S2. The summed E-state index contributed by atoms with van der Waals surface area (Å²) < 4.78 is 5.10. The zero-order valence-corrected chi connectivity index (χ0v) is 31.6. The van der Waals surface area contributed by atoms with Crippen LogP contribution in [0.2, 0.25) is 0 Å². The van der Waals surface area contributed by atoms with E-state index in [1.807, 2.05) is 26.4 Å². The molecule has 0 radical (unpaired) electrons. The van der Waals surface area contributed by atoms with Crippen molar-refractivity contribution in [1.29, 1.82) is 0 Å². The molecule has 0 aromatic carbocycles. The lowest BCUT2D eigenvalue weighted by atomic mass is 10.1. The van der Waals surface area contributed by atoms with E-state index in [2.05, 4.69) is 35.1 Å². The maximum atomic E-state index is 11.7. The second-order valence-corrected chi connectivity index (χ2v) is 16.1. The first-order valence-corrected chi connectivity index (χ1v) is 18.1. The number of rotatable bonds is 22. The summed E-state index contributed by atoms with van der Waals surface area (Å²) in [6.45, 7) is 12.5. The number of hydrogen-bond acceptors (Lipinski definition) is 11. The molecule has 0 saturated carbocycles. The molecule has 0 aliphatic rings. The smallest absolute Gasteiger partial charge is 0.325 e. The summed E-state index contributed by atoms with van der Waals surface area (Å²) in [7, 11) is 0. The van der Waals surface area contributed by atoms with Crippen LogP contribution >= 0.6 is 23.5 Å². The molecule has 0 spiro atoms. The first-order valence-electron chi connectivity index (χ1n) is 15.6. The normalized spacial score (nSPS) is 11.3. The van der Waals surface area contributed by atoms with E-state index in [1.54, 1.807) is 44.3 Å². The van der Waals surface area contributed by atoms with Gasteiger partial charge >= 0.3 is 11.9 Å². The van der Waals surface area contributed by atoms with E-state index in [-0.39, 0.29) is 78.2 Å². The van der Waals surface area contributed by atoms with E-state index in [9.17, 15) is 38.4 Å². The molecule has 0 aliphatic heterocycles. The minimum atomic E-state index is -1.14. The third kappa shape index (κ3) is 30.2. The predicted octanol–water partition coefficient (Wildman–Crippen LogP) is 2.41. The van der Waals surface area contributed by atoms with Crippen LogP contribution in [-0.4, -0.2) is 106 Å². The van der Waals surface area contributed by atoms with Crippen molar-refractivity contribution in [3.63, 3.8) is 0 Å². The maximum Gasteiger partial charge on any atom is 0.325 e. The Labute approximate surface area is 293 Å². The van der Waals surface area contributed by atoms with Crippen molar-refractivity contribution in [2.75, 3.05) is 38.7 Å². The molecule has 0 aromatic rings. The van der Waals surface area contributed by atoms with Gasteiger partial charge in [0.2, 0.25) is 23.6 Å². The summed E-state index contributed by atoms with van der Waals surface area (Å²) in [5, 5.41) is 18.1. The number of carbonyl (C=O) groups excluding carboxylic acids is 7. The molecule has 48 heavy (non-hydrogen) atoms. The highest BCUT2D eigenvalue weighted by atomic mass is 32.2. The number of carboxylic acid groups (broad SMARTS) is 1. The zero-order valence-electron chi connectivity index (χ0n) is 29.9. The Bertz CT molecular complexity index is 1100. The lowest BCUT2D eigenvalue weighted by molar-refractivity contribution is -0.154. The minimum Gasteiger partial charge on any atom is -0.480 e. The number of carboxylic acids is 1. The van der Waals surface area contributed by atoms with E-state index in [0.29, 0.717) is 19.3 Å². The molecule has 0 heterocycles. The van der Waals surface area contributed by atoms with Gasteiger partial charge in [-0.3, -0.25) is 38.4 Å². The summed E-state index contributed by atoms with van der Waals surface area (Å²) in [6, 6.07) is 0. The van der Waals surface area contributed by atoms with Gasteiger partial charge in [0, 0.05) is 48.0 Å².